The van der Waals surface area contributed by atoms with Crippen molar-refractivity contribution in [2.45, 2.75) is 6.54 Å². The van der Waals surface area contributed by atoms with Gasteiger partial charge in [-0.1, -0.05) is 30.3 Å². The zero-order chi connectivity index (χ0) is 17.6. The highest BCUT2D eigenvalue weighted by Crippen LogP contribution is 2.14. The molecule has 0 saturated heterocycles. The van der Waals surface area contributed by atoms with Gasteiger partial charge in [0.15, 0.2) is 0 Å². The molecule has 3 rings (SSSR count). The smallest absolute Gasteiger partial charge is 0.274 e. The number of carbonyl (C=O) groups is 1. The first kappa shape index (κ1) is 16.5. The number of rotatable bonds is 5. The van der Waals surface area contributed by atoms with Gasteiger partial charge in [0.2, 0.25) is 5.95 Å². The molecule has 2 N–H and O–H groups in total. The summed E-state index contributed by atoms with van der Waals surface area (Å²) in [6, 6.07) is 13.6. The van der Waals surface area contributed by atoms with Gasteiger partial charge in [0, 0.05) is 18.3 Å². The van der Waals surface area contributed by atoms with Crippen molar-refractivity contribution in [1.82, 2.24) is 9.97 Å². The standard InChI is InChI=1S/C18H14F2N4O/c19-13-6-2-1-5-12(13)11-22-18-21-10-9-16(24-18)17(25)23-15-8-4-3-7-14(15)20/h1-10H,11H2,(H,23,25)(H,21,22,24). The van der Waals surface area contributed by atoms with Crippen LogP contribution in [0.3, 0.4) is 0 Å². The van der Waals surface area contributed by atoms with E-state index in [0.29, 0.717) is 5.56 Å². The fraction of sp³-hybridized carbons (Fsp3) is 0.0556. The van der Waals surface area contributed by atoms with E-state index in [2.05, 4.69) is 20.6 Å². The van der Waals surface area contributed by atoms with Crippen molar-refractivity contribution in [3.63, 3.8) is 0 Å². The lowest BCUT2D eigenvalue weighted by molar-refractivity contribution is 0.102. The lowest BCUT2D eigenvalue weighted by Gasteiger charge is -2.08. The molecular formula is C18H14F2N4O. The van der Waals surface area contributed by atoms with Crippen molar-refractivity contribution >= 4 is 17.5 Å². The molecule has 0 bridgehead atoms. The number of nitrogens with zero attached hydrogens (tertiary/aromatic N) is 2. The molecule has 2 aromatic carbocycles. The molecule has 0 saturated carbocycles. The molecule has 0 aliphatic heterocycles. The first-order valence-corrected chi connectivity index (χ1v) is 7.49. The quantitative estimate of drug-likeness (QED) is 0.744. The van der Waals surface area contributed by atoms with Gasteiger partial charge in [-0.05, 0) is 24.3 Å². The third kappa shape index (κ3) is 4.14. The Morgan fingerprint density at radius 1 is 0.960 bits per heavy atom. The molecule has 1 amide bonds. The normalized spacial score (nSPS) is 10.3. The van der Waals surface area contributed by atoms with Gasteiger partial charge in [-0.2, -0.15) is 0 Å². The van der Waals surface area contributed by atoms with Gasteiger partial charge in [-0.15, -0.1) is 0 Å². The summed E-state index contributed by atoms with van der Waals surface area (Å²) >= 11 is 0. The molecule has 0 aliphatic rings. The first-order valence-electron chi connectivity index (χ1n) is 7.49. The predicted molar refractivity (Wildman–Crippen MR) is 90.1 cm³/mol. The SMILES string of the molecule is O=C(Nc1ccccc1F)c1ccnc(NCc2ccccc2F)n1. The van der Waals surface area contributed by atoms with Crippen LogP contribution in [0.25, 0.3) is 0 Å². The average Bonchev–Trinajstić information content (AvgIpc) is 2.63. The number of amides is 1. The van der Waals surface area contributed by atoms with Crippen LogP contribution in [0.5, 0.6) is 0 Å². The van der Waals surface area contributed by atoms with Crippen LogP contribution in [-0.4, -0.2) is 15.9 Å². The Morgan fingerprint density at radius 3 is 2.44 bits per heavy atom. The van der Waals surface area contributed by atoms with Crippen LogP contribution in [0, 0.1) is 11.6 Å². The summed E-state index contributed by atoms with van der Waals surface area (Å²) in [4.78, 5) is 20.2. The maximum absolute atomic E-state index is 13.6. The van der Waals surface area contributed by atoms with Gasteiger partial charge in [0.05, 0.1) is 5.69 Å². The van der Waals surface area contributed by atoms with Gasteiger partial charge in [0.25, 0.3) is 5.91 Å². The number of hydrogen-bond donors (Lipinski definition) is 2. The zero-order valence-electron chi connectivity index (χ0n) is 13.0. The predicted octanol–water partition coefficient (Wildman–Crippen LogP) is 3.62. The molecule has 3 aromatic rings. The fourth-order valence-corrected chi connectivity index (χ4v) is 2.14. The van der Waals surface area contributed by atoms with Crippen LogP contribution >= 0.6 is 0 Å². The van der Waals surface area contributed by atoms with E-state index >= 15 is 0 Å². The molecule has 5 nitrogen and oxygen atoms in total. The average molecular weight is 340 g/mol. The highest BCUT2D eigenvalue weighted by Gasteiger charge is 2.11. The summed E-state index contributed by atoms with van der Waals surface area (Å²) in [5.74, 6) is -1.28. The largest absolute Gasteiger partial charge is 0.350 e. The summed E-state index contributed by atoms with van der Waals surface area (Å²) in [6.45, 7) is 0.172. The van der Waals surface area contributed by atoms with Crippen molar-refractivity contribution in [2.24, 2.45) is 0 Å². The number of aromatic nitrogens is 2. The van der Waals surface area contributed by atoms with Crippen LogP contribution in [0.1, 0.15) is 16.1 Å². The van der Waals surface area contributed by atoms with Gasteiger partial charge in [0.1, 0.15) is 17.3 Å². The summed E-state index contributed by atoms with van der Waals surface area (Å²) in [5, 5.41) is 5.30. The highest BCUT2D eigenvalue weighted by molar-refractivity contribution is 6.03. The molecule has 0 unspecified atom stereocenters. The van der Waals surface area contributed by atoms with Crippen LogP contribution in [0.4, 0.5) is 20.4 Å². The Labute approximate surface area is 142 Å². The lowest BCUT2D eigenvalue weighted by atomic mass is 10.2. The molecule has 126 valence electrons. The zero-order valence-corrected chi connectivity index (χ0v) is 13.0. The van der Waals surface area contributed by atoms with E-state index in [9.17, 15) is 13.6 Å². The summed E-state index contributed by atoms with van der Waals surface area (Å²) in [5.41, 5.74) is 0.577. The Morgan fingerprint density at radius 2 is 1.68 bits per heavy atom. The van der Waals surface area contributed by atoms with Crippen molar-refractivity contribution in [3.05, 3.63) is 83.7 Å². The van der Waals surface area contributed by atoms with Crippen LogP contribution in [0.15, 0.2) is 60.8 Å². The molecular weight excluding hydrogens is 326 g/mol. The van der Waals surface area contributed by atoms with Crippen molar-refractivity contribution in [1.29, 1.82) is 0 Å². The van der Waals surface area contributed by atoms with Crippen molar-refractivity contribution < 1.29 is 13.6 Å². The van der Waals surface area contributed by atoms with E-state index in [4.69, 9.17) is 0 Å². The molecule has 1 aromatic heterocycles. The monoisotopic (exact) mass is 340 g/mol. The third-order valence-electron chi connectivity index (χ3n) is 3.41. The van der Waals surface area contributed by atoms with Gasteiger partial charge in [-0.3, -0.25) is 4.79 Å². The topological polar surface area (TPSA) is 66.9 Å². The Bertz CT molecular complexity index is 902. The first-order chi connectivity index (χ1) is 12.1. The molecule has 25 heavy (non-hydrogen) atoms. The maximum atomic E-state index is 13.6. The molecule has 0 atom stereocenters. The van der Waals surface area contributed by atoms with Gasteiger partial charge < -0.3 is 10.6 Å². The van der Waals surface area contributed by atoms with Crippen LogP contribution in [-0.2, 0) is 6.54 Å². The van der Waals surface area contributed by atoms with Crippen LogP contribution in [0.2, 0.25) is 0 Å². The fourth-order valence-electron chi connectivity index (χ4n) is 2.14. The molecule has 0 aliphatic carbocycles. The number of benzene rings is 2. The Balaban J connectivity index is 1.70. The number of para-hydroxylation sites is 1. The number of halogens is 2. The highest BCUT2D eigenvalue weighted by atomic mass is 19.1. The Kier molecular flexibility index (Phi) is 4.94. The number of hydrogen-bond acceptors (Lipinski definition) is 4. The molecule has 0 fully saturated rings. The van der Waals surface area contributed by atoms with Crippen molar-refractivity contribution in [3.8, 4) is 0 Å². The second-order valence-electron chi connectivity index (χ2n) is 5.14. The van der Waals surface area contributed by atoms with E-state index < -0.39 is 11.7 Å². The van der Waals surface area contributed by atoms with E-state index in [0.717, 1.165) is 0 Å². The summed E-state index contributed by atoms with van der Waals surface area (Å²) in [6.07, 6.45) is 1.40. The van der Waals surface area contributed by atoms with Crippen LogP contribution < -0.4 is 10.6 Å². The molecule has 0 spiro atoms. The van der Waals surface area contributed by atoms with E-state index in [1.807, 2.05) is 0 Å². The lowest BCUT2D eigenvalue weighted by Crippen LogP contribution is -2.16. The minimum absolute atomic E-state index is 0.0620. The van der Waals surface area contributed by atoms with Crippen molar-refractivity contribution in [2.75, 3.05) is 10.6 Å². The summed E-state index contributed by atoms with van der Waals surface area (Å²) in [7, 11) is 0. The number of carbonyl (C=O) groups excluding carboxylic acids is 1. The molecule has 0 radical (unpaired) electrons. The van der Waals surface area contributed by atoms with Gasteiger partial charge in [-0.25, -0.2) is 18.7 Å². The third-order valence-corrected chi connectivity index (χ3v) is 3.41. The van der Waals surface area contributed by atoms with E-state index in [1.54, 1.807) is 24.3 Å². The second kappa shape index (κ2) is 7.48. The Hall–Kier alpha value is -3.35. The number of anilines is 2. The number of nitrogens with one attached hydrogen (secondary N) is 2. The minimum atomic E-state index is -0.568. The summed E-state index contributed by atoms with van der Waals surface area (Å²) < 4.78 is 27.2. The maximum Gasteiger partial charge on any atom is 0.274 e. The second-order valence-corrected chi connectivity index (χ2v) is 5.14. The van der Waals surface area contributed by atoms with E-state index in [-0.39, 0.29) is 29.7 Å². The van der Waals surface area contributed by atoms with E-state index in [1.165, 1.54) is 36.5 Å². The minimum Gasteiger partial charge on any atom is -0.350 e. The molecule has 7 heteroatoms. The molecule has 1 heterocycles. The van der Waals surface area contributed by atoms with Gasteiger partial charge >= 0.3 is 0 Å².